The molecule has 0 fully saturated rings. The minimum absolute atomic E-state index is 0.0373. The number of para-hydroxylation sites is 1. The number of benzene rings is 3. The molecular weight excluding hydrogens is 417 g/mol. The smallest absolute Gasteiger partial charge is 0.416 e. The van der Waals surface area contributed by atoms with Crippen molar-refractivity contribution in [1.29, 1.82) is 0 Å². The molecule has 0 saturated heterocycles. The SMILES string of the molecule is CN(c1ccc(Cn2cc(CC(=O)O)c3ccccc32)cc1)c1ccc(C(F)(F)F)cc1. The lowest BCUT2D eigenvalue weighted by molar-refractivity contribution is -0.138. The van der Waals surface area contributed by atoms with Crippen molar-refractivity contribution in [3.8, 4) is 0 Å². The first-order valence-corrected chi connectivity index (χ1v) is 10.0. The van der Waals surface area contributed by atoms with Crippen molar-refractivity contribution < 1.29 is 23.1 Å². The van der Waals surface area contributed by atoms with E-state index in [4.69, 9.17) is 0 Å². The van der Waals surface area contributed by atoms with Crippen LogP contribution in [0.5, 0.6) is 0 Å². The molecule has 4 rings (SSSR count). The van der Waals surface area contributed by atoms with Crippen LogP contribution in [0.4, 0.5) is 24.5 Å². The van der Waals surface area contributed by atoms with E-state index in [1.54, 1.807) is 7.05 Å². The van der Waals surface area contributed by atoms with Gasteiger partial charge in [-0.15, -0.1) is 0 Å². The van der Waals surface area contributed by atoms with Crippen LogP contribution in [0.3, 0.4) is 0 Å². The number of alkyl halides is 3. The monoisotopic (exact) mass is 438 g/mol. The summed E-state index contributed by atoms with van der Waals surface area (Å²) in [6.45, 7) is 0.574. The second kappa shape index (κ2) is 8.42. The zero-order valence-electron chi connectivity index (χ0n) is 17.3. The van der Waals surface area contributed by atoms with E-state index in [0.29, 0.717) is 12.2 Å². The molecule has 0 radical (unpaired) electrons. The number of rotatable bonds is 6. The van der Waals surface area contributed by atoms with E-state index < -0.39 is 17.7 Å². The van der Waals surface area contributed by atoms with Gasteiger partial charge in [-0.1, -0.05) is 30.3 Å². The quantitative estimate of drug-likeness (QED) is 0.395. The Hall–Kier alpha value is -3.74. The lowest BCUT2D eigenvalue weighted by Crippen LogP contribution is -2.11. The van der Waals surface area contributed by atoms with E-state index in [2.05, 4.69) is 0 Å². The lowest BCUT2D eigenvalue weighted by Gasteiger charge is -2.20. The zero-order valence-corrected chi connectivity index (χ0v) is 17.3. The maximum Gasteiger partial charge on any atom is 0.416 e. The molecule has 4 nitrogen and oxygen atoms in total. The summed E-state index contributed by atoms with van der Waals surface area (Å²) in [7, 11) is 1.80. The van der Waals surface area contributed by atoms with Gasteiger partial charge in [0.25, 0.3) is 0 Å². The van der Waals surface area contributed by atoms with E-state index in [9.17, 15) is 23.1 Å². The molecule has 4 aromatic rings. The third kappa shape index (κ3) is 4.46. The lowest BCUT2D eigenvalue weighted by atomic mass is 10.1. The van der Waals surface area contributed by atoms with Crippen molar-refractivity contribution in [3.05, 3.63) is 95.7 Å². The van der Waals surface area contributed by atoms with Crippen LogP contribution in [0, 0.1) is 0 Å². The van der Waals surface area contributed by atoms with Gasteiger partial charge in [-0.2, -0.15) is 13.2 Å². The maximum absolute atomic E-state index is 12.8. The molecule has 1 N–H and O–H groups in total. The van der Waals surface area contributed by atoms with Crippen LogP contribution < -0.4 is 4.90 Å². The van der Waals surface area contributed by atoms with Crippen LogP contribution >= 0.6 is 0 Å². The largest absolute Gasteiger partial charge is 0.481 e. The molecular formula is C25H21F3N2O2. The van der Waals surface area contributed by atoms with Crippen molar-refractivity contribution in [2.45, 2.75) is 19.1 Å². The molecule has 0 aliphatic rings. The summed E-state index contributed by atoms with van der Waals surface area (Å²) in [6, 6.07) is 20.5. The van der Waals surface area contributed by atoms with Crippen LogP contribution in [0.15, 0.2) is 79.0 Å². The average Bonchev–Trinajstić information content (AvgIpc) is 3.10. The number of carboxylic acid groups (broad SMARTS) is 1. The Morgan fingerprint density at radius 3 is 2.12 bits per heavy atom. The standard InChI is InChI=1S/C25H21F3N2O2/c1-29(21-12-8-19(9-13-21)25(26,27)28)20-10-6-17(7-11-20)15-30-16-18(14-24(31)32)22-4-2-3-5-23(22)30/h2-13,16H,14-15H2,1H3,(H,31,32). The van der Waals surface area contributed by atoms with Crippen molar-refractivity contribution in [2.75, 3.05) is 11.9 Å². The van der Waals surface area contributed by atoms with Gasteiger partial charge in [-0.25, -0.2) is 0 Å². The highest BCUT2D eigenvalue weighted by Crippen LogP contribution is 2.32. The van der Waals surface area contributed by atoms with E-state index >= 15 is 0 Å². The zero-order chi connectivity index (χ0) is 22.9. The predicted octanol–water partition coefficient (Wildman–Crippen LogP) is 6.10. The summed E-state index contributed by atoms with van der Waals surface area (Å²) in [4.78, 5) is 13.0. The van der Waals surface area contributed by atoms with Crippen molar-refractivity contribution in [1.82, 2.24) is 4.57 Å². The van der Waals surface area contributed by atoms with Gasteiger partial charge in [0.1, 0.15) is 0 Å². The Labute approximate surface area is 183 Å². The highest BCUT2D eigenvalue weighted by Gasteiger charge is 2.30. The first-order chi connectivity index (χ1) is 15.2. The normalized spacial score (nSPS) is 11.6. The van der Waals surface area contributed by atoms with Crippen molar-refractivity contribution in [3.63, 3.8) is 0 Å². The van der Waals surface area contributed by atoms with Gasteiger partial charge in [0, 0.05) is 42.1 Å². The van der Waals surface area contributed by atoms with Crippen molar-refractivity contribution in [2.24, 2.45) is 0 Å². The summed E-state index contributed by atoms with van der Waals surface area (Å²) in [5.74, 6) is -0.872. The fourth-order valence-electron chi connectivity index (χ4n) is 3.80. The average molecular weight is 438 g/mol. The molecule has 1 heterocycles. The number of aromatic nitrogens is 1. The fourth-order valence-corrected chi connectivity index (χ4v) is 3.80. The Bertz CT molecular complexity index is 1240. The molecule has 32 heavy (non-hydrogen) atoms. The molecule has 0 aliphatic heterocycles. The number of carboxylic acids is 1. The molecule has 0 bridgehead atoms. The van der Waals surface area contributed by atoms with E-state index in [1.165, 1.54) is 12.1 Å². The highest BCUT2D eigenvalue weighted by atomic mass is 19.4. The first-order valence-electron chi connectivity index (χ1n) is 10.0. The third-order valence-corrected chi connectivity index (χ3v) is 5.47. The van der Waals surface area contributed by atoms with E-state index in [1.807, 2.05) is 64.2 Å². The maximum atomic E-state index is 12.8. The first kappa shape index (κ1) is 21.5. The van der Waals surface area contributed by atoms with Crippen molar-refractivity contribution >= 4 is 28.2 Å². The van der Waals surface area contributed by atoms with Crippen LogP contribution in [0.2, 0.25) is 0 Å². The number of fused-ring (bicyclic) bond motifs is 1. The van der Waals surface area contributed by atoms with Gasteiger partial charge >= 0.3 is 12.1 Å². The fraction of sp³-hybridized carbons (Fsp3) is 0.160. The Morgan fingerprint density at radius 1 is 0.938 bits per heavy atom. The van der Waals surface area contributed by atoms with Crippen LogP contribution in [-0.2, 0) is 23.9 Å². The minimum atomic E-state index is -4.36. The highest BCUT2D eigenvalue weighted by molar-refractivity contribution is 5.87. The van der Waals surface area contributed by atoms with Gasteiger partial charge < -0.3 is 14.6 Å². The molecule has 164 valence electrons. The number of aliphatic carboxylic acids is 1. The molecule has 0 spiro atoms. The summed E-state index contributed by atoms with van der Waals surface area (Å²) in [6.07, 6.45) is -2.52. The third-order valence-electron chi connectivity index (χ3n) is 5.47. The molecule has 0 atom stereocenters. The molecule has 0 amide bonds. The molecule has 0 saturated carbocycles. The summed E-state index contributed by atoms with van der Waals surface area (Å²) < 4.78 is 40.4. The molecule has 0 unspecified atom stereocenters. The number of halogens is 3. The Kier molecular flexibility index (Phi) is 5.65. The number of anilines is 2. The van der Waals surface area contributed by atoms with E-state index in [0.717, 1.165) is 39.8 Å². The Balaban J connectivity index is 1.54. The van der Waals surface area contributed by atoms with Crippen LogP contribution in [-0.4, -0.2) is 22.7 Å². The summed E-state index contributed by atoms with van der Waals surface area (Å²) >= 11 is 0. The van der Waals surface area contributed by atoms with Gasteiger partial charge in [-0.3, -0.25) is 4.79 Å². The van der Waals surface area contributed by atoms with E-state index in [-0.39, 0.29) is 6.42 Å². The summed E-state index contributed by atoms with van der Waals surface area (Å²) in [5, 5.41) is 10.1. The molecule has 7 heteroatoms. The van der Waals surface area contributed by atoms with Crippen LogP contribution in [0.25, 0.3) is 10.9 Å². The van der Waals surface area contributed by atoms with Crippen LogP contribution in [0.1, 0.15) is 16.7 Å². The number of nitrogens with zero attached hydrogens (tertiary/aromatic N) is 2. The topological polar surface area (TPSA) is 45.5 Å². The molecule has 3 aromatic carbocycles. The summed E-state index contributed by atoms with van der Waals surface area (Å²) in [5.41, 5.74) is 3.59. The second-order valence-corrected chi connectivity index (χ2v) is 7.64. The minimum Gasteiger partial charge on any atom is -0.481 e. The number of hydrogen-bond donors (Lipinski definition) is 1. The van der Waals surface area contributed by atoms with Gasteiger partial charge in [-0.05, 0) is 53.6 Å². The molecule has 1 aromatic heterocycles. The number of carbonyl (C=O) groups is 1. The van der Waals surface area contributed by atoms with Gasteiger partial charge in [0.05, 0.1) is 12.0 Å². The van der Waals surface area contributed by atoms with Gasteiger partial charge in [0.15, 0.2) is 0 Å². The predicted molar refractivity (Wildman–Crippen MR) is 118 cm³/mol. The second-order valence-electron chi connectivity index (χ2n) is 7.64. The Morgan fingerprint density at radius 2 is 1.53 bits per heavy atom. The van der Waals surface area contributed by atoms with Gasteiger partial charge in [0.2, 0.25) is 0 Å². The molecule has 0 aliphatic carbocycles. The number of hydrogen-bond acceptors (Lipinski definition) is 2.